The van der Waals surface area contributed by atoms with Gasteiger partial charge in [-0.1, -0.05) is 35.9 Å². The first-order chi connectivity index (χ1) is 13.7. The van der Waals surface area contributed by atoms with Gasteiger partial charge in [-0.05, 0) is 36.4 Å². The van der Waals surface area contributed by atoms with E-state index in [9.17, 15) is 9.90 Å². The molecule has 144 valence electrons. The van der Waals surface area contributed by atoms with Crippen molar-refractivity contribution in [1.82, 2.24) is 14.7 Å². The maximum Gasteiger partial charge on any atom is 0.272 e. The van der Waals surface area contributed by atoms with Crippen LogP contribution in [0.15, 0.2) is 60.7 Å². The molecule has 1 aromatic heterocycles. The fourth-order valence-corrected chi connectivity index (χ4v) is 3.61. The first-order valence-electron chi connectivity index (χ1n) is 9.21. The quantitative estimate of drug-likeness (QED) is 0.736. The Bertz CT molecular complexity index is 966. The number of carbonyl (C=O) groups is 1. The molecule has 1 fully saturated rings. The van der Waals surface area contributed by atoms with Crippen LogP contribution in [-0.4, -0.2) is 51.9 Å². The molecule has 6 nitrogen and oxygen atoms in total. The molecule has 2 aromatic carbocycles. The highest BCUT2D eigenvalue weighted by molar-refractivity contribution is 6.30. The second kappa shape index (κ2) is 8.04. The first kappa shape index (κ1) is 18.5. The number of aromatic nitrogens is 2. The lowest BCUT2D eigenvalue weighted by atomic mass is 10.2. The smallest absolute Gasteiger partial charge is 0.272 e. The summed E-state index contributed by atoms with van der Waals surface area (Å²) in [5.41, 5.74) is 2.80. The molecule has 1 N–H and O–H groups in total. The van der Waals surface area contributed by atoms with Gasteiger partial charge in [-0.2, -0.15) is 5.10 Å². The molecule has 1 aliphatic heterocycles. The van der Waals surface area contributed by atoms with Crippen LogP contribution in [0.5, 0.6) is 0 Å². The number of aliphatic hydroxyl groups excluding tert-OH is 1. The summed E-state index contributed by atoms with van der Waals surface area (Å²) in [5, 5.41) is 14.6. The summed E-state index contributed by atoms with van der Waals surface area (Å²) in [6, 6.07) is 18.9. The third-order valence-electron chi connectivity index (χ3n) is 4.88. The summed E-state index contributed by atoms with van der Waals surface area (Å²) in [6.45, 7) is 2.49. The topological polar surface area (TPSA) is 61.6 Å². The molecule has 0 saturated carbocycles. The van der Waals surface area contributed by atoms with E-state index in [4.69, 9.17) is 11.6 Å². The summed E-state index contributed by atoms with van der Waals surface area (Å²) in [7, 11) is 0. The van der Waals surface area contributed by atoms with Gasteiger partial charge >= 0.3 is 0 Å². The maximum absolute atomic E-state index is 13.2. The van der Waals surface area contributed by atoms with Gasteiger partial charge in [0.25, 0.3) is 5.91 Å². The molecule has 0 radical (unpaired) electrons. The molecule has 28 heavy (non-hydrogen) atoms. The second-order valence-corrected chi connectivity index (χ2v) is 7.12. The lowest BCUT2D eigenvalue weighted by Gasteiger charge is -2.36. The second-order valence-electron chi connectivity index (χ2n) is 6.69. The van der Waals surface area contributed by atoms with Crippen molar-refractivity contribution in [3.8, 4) is 5.69 Å². The zero-order valence-corrected chi connectivity index (χ0v) is 16.1. The molecule has 1 amide bonds. The predicted octanol–water partition coefficient (Wildman–Crippen LogP) is 2.98. The van der Waals surface area contributed by atoms with Gasteiger partial charge in [-0.15, -0.1) is 0 Å². The van der Waals surface area contributed by atoms with Gasteiger partial charge in [0.2, 0.25) is 0 Å². The van der Waals surface area contributed by atoms with Crippen molar-refractivity contribution in [3.05, 3.63) is 77.1 Å². The molecule has 3 aromatic rings. The van der Waals surface area contributed by atoms with Gasteiger partial charge in [0.1, 0.15) is 5.69 Å². The van der Waals surface area contributed by atoms with Crippen LogP contribution in [0.3, 0.4) is 0 Å². The molecule has 2 heterocycles. The van der Waals surface area contributed by atoms with Crippen LogP contribution >= 0.6 is 11.6 Å². The zero-order valence-electron chi connectivity index (χ0n) is 15.3. The Morgan fingerprint density at radius 3 is 2.36 bits per heavy atom. The SMILES string of the molecule is O=C(c1cc(CO)nn1-c1ccccc1)N1CCN(c2cccc(Cl)c2)CC1. The number of para-hydroxylation sites is 1. The van der Waals surface area contributed by atoms with Crippen LogP contribution in [0.4, 0.5) is 5.69 Å². The Morgan fingerprint density at radius 1 is 0.964 bits per heavy atom. The van der Waals surface area contributed by atoms with Crippen molar-refractivity contribution < 1.29 is 9.90 Å². The van der Waals surface area contributed by atoms with Gasteiger partial charge in [0.05, 0.1) is 18.0 Å². The number of piperazine rings is 1. The van der Waals surface area contributed by atoms with Crippen LogP contribution in [0, 0.1) is 0 Å². The van der Waals surface area contributed by atoms with Crippen molar-refractivity contribution in [2.24, 2.45) is 0 Å². The Labute approximate surface area is 168 Å². The van der Waals surface area contributed by atoms with Crippen LogP contribution in [0.1, 0.15) is 16.2 Å². The minimum Gasteiger partial charge on any atom is -0.390 e. The number of rotatable bonds is 4. The number of carbonyl (C=O) groups excluding carboxylic acids is 1. The zero-order chi connectivity index (χ0) is 19.5. The van der Waals surface area contributed by atoms with E-state index in [-0.39, 0.29) is 12.5 Å². The number of hydrogen-bond donors (Lipinski definition) is 1. The fraction of sp³-hybridized carbons (Fsp3) is 0.238. The Morgan fingerprint density at radius 2 is 1.68 bits per heavy atom. The summed E-state index contributed by atoms with van der Waals surface area (Å²) in [5.74, 6) is -0.0817. The lowest BCUT2D eigenvalue weighted by Crippen LogP contribution is -2.49. The van der Waals surface area contributed by atoms with E-state index < -0.39 is 0 Å². The molecule has 0 bridgehead atoms. The predicted molar refractivity (Wildman–Crippen MR) is 109 cm³/mol. The normalized spacial score (nSPS) is 14.4. The number of anilines is 1. The van der Waals surface area contributed by atoms with Crippen molar-refractivity contribution in [3.63, 3.8) is 0 Å². The highest BCUT2D eigenvalue weighted by Gasteiger charge is 2.26. The summed E-state index contributed by atoms with van der Waals surface area (Å²) in [4.78, 5) is 17.2. The van der Waals surface area contributed by atoms with Crippen LogP contribution < -0.4 is 4.90 Å². The Balaban J connectivity index is 1.52. The number of nitrogens with zero attached hydrogens (tertiary/aromatic N) is 4. The summed E-state index contributed by atoms with van der Waals surface area (Å²) < 4.78 is 1.61. The largest absolute Gasteiger partial charge is 0.390 e. The maximum atomic E-state index is 13.2. The number of amides is 1. The molecule has 0 unspecified atom stereocenters. The average molecular weight is 397 g/mol. The van der Waals surface area contributed by atoms with E-state index >= 15 is 0 Å². The highest BCUT2D eigenvalue weighted by atomic mass is 35.5. The van der Waals surface area contributed by atoms with Gasteiger partial charge in [0, 0.05) is 36.9 Å². The standard InChI is InChI=1S/C21H21ClN4O2/c22-16-5-4-8-19(13-16)24-9-11-25(12-10-24)21(28)20-14-17(15-27)23-26(20)18-6-2-1-3-7-18/h1-8,13-14,27H,9-12,15H2. The molecule has 1 saturated heterocycles. The molecule has 0 atom stereocenters. The van der Waals surface area contributed by atoms with E-state index in [1.165, 1.54) is 0 Å². The third-order valence-corrected chi connectivity index (χ3v) is 5.12. The summed E-state index contributed by atoms with van der Waals surface area (Å²) >= 11 is 6.09. The fourth-order valence-electron chi connectivity index (χ4n) is 3.43. The van der Waals surface area contributed by atoms with Crippen molar-refractivity contribution in [2.75, 3.05) is 31.1 Å². The number of hydrogen-bond acceptors (Lipinski definition) is 4. The molecule has 7 heteroatoms. The van der Waals surface area contributed by atoms with E-state index in [2.05, 4.69) is 10.00 Å². The lowest BCUT2D eigenvalue weighted by molar-refractivity contribution is 0.0737. The first-order valence-corrected chi connectivity index (χ1v) is 9.58. The summed E-state index contributed by atoms with van der Waals surface area (Å²) in [6.07, 6.45) is 0. The van der Waals surface area contributed by atoms with Gasteiger partial charge in [-0.3, -0.25) is 4.79 Å². The van der Waals surface area contributed by atoms with Crippen LogP contribution in [0.2, 0.25) is 5.02 Å². The van der Waals surface area contributed by atoms with E-state index in [0.717, 1.165) is 24.5 Å². The van der Waals surface area contributed by atoms with Gasteiger partial charge in [-0.25, -0.2) is 4.68 Å². The van der Waals surface area contributed by atoms with Crippen LogP contribution in [0.25, 0.3) is 5.69 Å². The van der Waals surface area contributed by atoms with E-state index in [0.29, 0.717) is 29.5 Å². The minimum absolute atomic E-state index is 0.0817. The Hall–Kier alpha value is -2.83. The van der Waals surface area contributed by atoms with Crippen molar-refractivity contribution in [1.29, 1.82) is 0 Å². The van der Waals surface area contributed by atoms with E-state index in [1.807, 2.05) is 59.5 Å². The van der Waals surface area contributed by atoms with Gasteiger partial charge in [0.15, 0.2) is 0 Å². The molecular weight excluding hydrogens is 376 g/mol. The van der Waals surface area contributed by atoms with Crippen LogP contribution in [-0.2, 0) is 6.61 Å². The molecule has 0 spiro atoms. The molecule has 1 aliphatic rings. The number of benzene rings is 2. The third kappa shape index (κ3) is 3.74. The molecular formula is C21H21ClN4O2. The van der Waals surface area contributed by atoms with Gasteiger partial charge < -0.3 is 14.9 Å². The molecule has 0 aliphatic carbocycles. The highest BCUT2D eigenvalue weighted by Crippen LogP contribution is 2.22. The average Bonchev–Trinajstić information content (AvgIpc) is 3.18. The Kier molecular flexibility index (Phi) is 5.32. The monoisotopic (exact) mass is 396 g/mol. The number of halogens is 1. The van der Waals surface area contributed by atoms with Crippen molar-refractivity contribution in [2.45, 2.75) is 6.61 Å². The molecule has 4 rings (SSSR count). The number of aliphatic hydroxyl groups is 1. The van der Waals surface area contributed by atoms with E-state index in [1.54, 1.807) is 10.7 Å². The van der Waals surface area contributed by atoms with Crippen molar-refractivity contribution >= 4 is 23.2 Å². The minimum atomic E-state index is -0.206.